The van der Waals surface area contributed by atoms with Crippen LogP contribution >= 0.6 is 39.7 Å². The fourth-order valence-electron chi connectivity index (χ4n) is 2.63. The maximum absolute atomic E-state index is 13.0. The van der Waals surface area contributed by atoms with Gasteiger partial charge in [0.25, 0.3) is 11.8 Å². The zero-order valence-corrected chi connectivity index (χ0v) is 18.2. The zero-order chi connectivity index (χ0) is 20.4. The van der Waals surface area contributed by atoms with Gasteiger partial charge in [-0.05, 0) is 77.9 Å². The smallest absolute Gasteiger partial charge is 0.270 e. The largest absolute Gasteiger partial charge is 0.490 e. The Bertz CT molecular complexity index is 1010. The molecule has 144 valence electrons. The molecule has 0 radical (unpaired) electrons. The van der Waals surface area contributed by atoms with Crippen LogP contribution < -0.4 is 15.0 Å². The average Bonchev–Trinajstić information content (AvgIpc) is 2.62. The highest BCUT2D eigenvalue weighted by atomic mass is 79.9. The van der Waals surface area contributed by atoms with Crippen molar-refractivity contribution in [1.29, 1.82) is 0 Å². The van der Waals surface area contributed by atoms with E-state index >= 15 is 0 Å². The first-order valence-corrected chi connectivity index (χ1v) is 9.98. The normalized spacial score (nSPS) is 16.0. The summed E-state index contributed by atoms with van der Waals surface area (Å²) < 4.78 is 6.40. The van der Waals surface area contributed by atoms with Crippen LogP contribution in [0.15, 0.2) is 52.5 Å². The summed E-state index contributed by atoms with van der Waals surface area (Å²) in [6.07, 6.45) is 1.53. The van der Waals surface area contributed by atoms with Crippen molar-refractivity contribution in [1.82, 2.24) is 5.32 Å². The number of carbonyl (C=O) groups excluding carboxylic acids is 2. The molecule has 0 aliphatic carbocycles. The third kappa shape index (κ3) is 4.27. The van der Waals surface area contributed by atoms with Gasteiger partial charge in [-0.1, -0.05) is 29.8 Å². The van der Waals surface area contributed by atoms with Gasteiger partial charge < -0.3 is 4.74 Å². The van der Waals surface area contributed by atoms with E-state index in [0.717, 1.165) is 4.47 Å². The molecule has 0 bridgehead atoms. The van der Waals surface area contributed by atoms with Crippen molar-refractivity contribution in [2.45, 2.75) is 20.0 Å². The van der Waals surface area contributed by atoms with Crippen LogP contribution in [-0.2, 0) is 9.59 Å². The number of amides is 2. The first-order valence-electron chi connectivity index (χ1n) is 8.40. The van der Waals surface area contributed by atoms with Crippen molar-refractivity contribution in [3.05, 3.63) is 63.1 Å². The monoisotopic (exact) mass is 478 g/mol. The molecule has 0 spiro atoms. The molecule has 28 heavy (non-hydrogen) atoms. The lowest BCUT2D eigenvalue weighted by Crippen LogP contribution is -2.54. The Labute approximate surface area is 181 Å². The maximum Gasteiger partial charge on any atom is 0.270 e. The van der Waals surface area contributed by atoms with Gasteiger partial charge in [-0.2, -0.15) is 0 Å². The van der Waals surface area contributed by atoms with Crippen molar-refractivity contribution in [3.8, 4) is 5.75 Å². The van der Waals surface area contributed by atoms with Crippen LogP contribution in [0.25, 0.3) is 6.08 Å². The molecule has 5 nitrogen and oxygen atoms in total. The highest BCUT2D eigenvalue weighted by molar-refractivity contribution is 9.10. The molecular weight excluding hydrogens is 464 g/mol. The van der Waals surface area contributed by atoms with Gasteiger partial charge in [0.15, 0.2) is 5.11 Å². The second-order valence-corrected chi connectivity index (χ2v) is 7.91. The molecule has 2 aromatic rings. The molecule has 1 heterocycles. The summed E-state index contributed by atoms with van der Waals surface area (Å²) in [7, 11) is 0. The van der Waals surface area contributed by atoms with Crippen molar-refractivity contribution in [2.75, 3.05) is 4.90 Å². The number of hydrogen-bond donors (Lipinski definition) is 1. The third-order valence-corrected chi connectivity index (χ3v) is 5.05. The van der Waals surface area contributed by atoms with Gasteiger partial charge in [-0.3, -0.25) is 19.8 Å². The Morgan fingerprint density at radius 1 is 1.21 bits per heavy atom. The second-order valence-electron chi connectivity index (χ2n) is 6.27. The van der Waals surface area contributed by atoms with Gasteiger partial charge >= 0.3 is 0 Å². The molecule has 0 atom stereocenters. The number of nitrogens with zero attached hydrogens (tertiary/aromatic N) is 1. The molecule has 1 N–H and O–H groups in total. The van der Waals surface area contributed by atoms with Gasteiger partial charge in [-0.25, -0.2) is 0 Å². The molecule has 1 saturated heterocycles. The molecule has 1 aliphatic rings. The lowest BCUT2D eigenvalue weighted by molar-refractivity contribution is -0.122. The van der Waals surface area contributed by atoms with Crippen molar-refractivity contribution in [2.24, 2.45) is 0 Å². The Morgan fingerprint density at radius 3 is 2.57 bits per heavy atom. The van der Waals surface area contributed by atoms with E-state index in [4.69, 9.17) is 28.6 Å². The van der Waals surface area contributed by atoms with E-state index in [2.05, 4.69) is 21.2 Å². The first kappa shape index (κ1) is 20.5. The third-order valence-electron chi connectivity index (χ3n) is 3.82. The van der Waals surface area contributed by atoms with E-state index in [-0.39, 0.29) is 16.8 Å². The number of halogens is 2. The summed E-state index contributed by atoms with van der Waals surface area (Å²) in [5.41, 5.74) is 1.03. The quantitative estimate of drug-likeness (QED) is 0.392. The van der Waals surface area contributed by atoms with E-state index < -0.39 is 11.8 Å². The second kappa shape index (κ2) is 8.43. The van der Waals surface area contributed by atoms with E-state index in [1.165, 1.54) is 11.0 Å². The SMILES string of the molecule is CC(C)Oc1ccc(/C=C2\C(=O)NC(=S)N(c3ccccc3Cl)C2=O)cc1Br. The highest BCUT2D eigenvalue weighted by Crippen LogP contribution is 2.30. The molecule has 0 aromatic heterocycles. The summed E-state index contributed by atoms with van der Waals surface area (Å²) in [4.78, 5) is 26.6. The molecular formula is C20H16BrClN2O3S. The van der Waals surface area contributed by atoms with E-state index in [0.29, 0.717) is 22.0 Å². The lowest BCUT2D eigenvalue weighted by Gasteiger charge is -2.29. The minimum atomic E-state index is -0.558. The predicted molar refractivity (Wildman–Crippen MR) is 118 cm³/mol. The maximum atomic E-state index is 13.0. The first-order chi connectivity index (χ1) is 13.3. The molecule has 0 unspecified atom stereocenters. The van der Waals surface area contributed by atoms with Gasteiger partial charge in [0.1, 0.15) is 11.3 Å². The van der Waals surface area contributed by atoms with Crippen LogP contribution in [-0.4, -0.2) is 23.0 Å². The molecule has 1 aliphatic heterocycles. The van der Waals surface area contributed by atoms with E-state index in [1.807, 2.05) is 13.8 Å². The summed E-state index contributed by atoms with van der Waals surface area (Å²) >= 11 is 14.8. The molecule has 2 aromatic carbocycles. The summed E-state index contributed by atoms with van der Waals surface area (Å²) in [6, 6.07) is 12.1. The highest BCUT2D eigenvalue weighted by Gasteiger charge is 2.35. The summed E-state index contributed by atoms with van der Waals surface area (Å²) in [6.45, 7) is 3.86. The van der Waals surface area contributed by atoms with Crippen molar-refractivity contribution >= 4 is 68.4 Å². The molecule has 2 amide bonds. The number of benzene rings is 2. The van der Waals surface area contributed by atoms with Gasteiger partial charge in [0.2, 0.25) is 0 Å². The summed E-state index contributed by atoms with van der Waals surface area (Å²) in [5, 5.41) is 2.88. The van der Waals surface area contributed by atoms with E-state index in [1.54, 1.807) is 42.5 Å². The Kier molecular flexibility index (Phi) is 6.17. The number of nitrogens with one attached hydrogen (secondary N) is 1. The van der Waals surface area contributed by atoms with Gasteiger partial charge in [0.05, 0.1) is 21.3 Å². The van der Waals surface area contributed by atoms with Crippen molar-refractivity contribution in [3.63, 3.8) is 0 Å². The number of anilines is 1. The van der Waals surface area contributed by atoms with Crippen LogP contribution in [0.3, 0.4) is 0 Å². The number of ether oxygens (including phenoxy) is 1. The van der Waals surface area contributed by atoms with Crippen LogP contribution in [0.5, 0.6) is 5.75 Å². The van der Waals surface area contributed by atoms with Gasteiger partial charge in [-0.15, -0.1) is 0 Å². The minimum absolute atomic E-state index is 0.0119. The van der Waals surface area contributed by atoms with Crippen LogP contribution in [0.4, 0.5) is 5.69 Å². The number of para-hydroxylation sites is 1. The Balaban J connectivity index is 1.98. The fraction of sp³-hybridized carbons (Fsp3) is 0.150. The van der Waals surface area contributed by atoms with Crippen LogP contribution in [0.1, 0.15) is 19.4 Å². The number of rotatable bonds is 4. The summed E-state index contributed by atoms with van der Waals surface area (Å²) in [5.74, 6) is -0.423. The Morgan fingerprint density at radius 2 is 1.93 bits per heavy atom. The molecule has 8 heteroatoms. The molecule has 0 saturated carbocycles. The predicted octanol–water partition coefficient (Wildman–Crippen LogP) is 4.72. The number of hydrogen-bond acceptors (Lipinski definition) is 4. The fourth-order valence-corrected chi connectivity index (χ4v) is 3.62. The van der Waals surface area contributed by atoms with Gasteiger partial charge in [0, 0.05) is 0 Å². The topological polar surface area (TPSA) is 58.6 Å². The number of carbonyl (C=O) groups is 2. The molecule has 1 fully saturated rings. The number of thiocarbonyl (C=S) groups is 1. The Hall–Kier alpha value is -2.22. The zero-order valence-electron chi connectivity index (χ0n) is 15.0. The average molecular weight is 480 g/mol. The van der Waals surface area contributed by atoms with Crippen molar-refractivity contribution < 1.29 is 14.3 Å². The van der Waals surface area contributed by atoms with Crippen LogP contribution in [0.2, 0.25) is 5.02 Å². The van der Waals surface area contributed by atoms with E-state index in [9.17, 15) is 9.59 Å². The van der Waals surface area contributed by atoms with Crippen LogP contribution in [0, 0.1) is 0 Å². The minimum Gasteiger partial charge on any atom is -0.490 e. The standard InChI is InChI=1S/C20H16BrClN2O3S/c1-11(2)27-17-8-7-12(10-14(17)21)9-13-18(25)23-20(28)24(19(13)26)16-6-4-3-5-15(16)22/h3-11H,1-2H3,(H,23,25,28)/b13-9+. The lowest BCUT2D eigenvalue weighted by atomic mass is 10.1. The molecule has 3 rings (SSSR count).